The molecular formula is C11H15NO. The van der Waals surface area contributed by atoms with Crippen molar-refractivity contribution >= 4 is 5.91 Å². The number of nitrogens with one attached hydrogen (secondary N) is 1. The van der Waals surface area contributed by atoms with E-state index in [-0.39, 0.29) is 11.8 Å². The van der Waals surface area contributed by atoms with E-state index < -0.39 is 0 Å². The molecule has 0 bridgehead atoms. The highest BCUT2D eigenvalue weighted by molar-refractivity contribution is 5.83. The Hall–Kier alpha value is -1.05. The standard InChI is InChI=1S/C11H15NO/c1-7-4-3-5-9-6-8(2)11(13)12-10(7)9/h4,8H,3,5-6H2,1-2H3,(H,12,13). The molecule has 1 N–H and O–H groups in total. The van der Waals surface area contributed by atoms with Gasteiger partial charge in [0.2, 0.25) is 5.91 Å². The molecular weight excluding hydrogens is 162 g/mol. The Morgan fingerprint density at radius 1 is 1.54 bits per heavy atom. The Kier molecular flexibility index (Phi) is 1.98. The molecule has 2 rings (SSSR count). The number of carbonyl (C=O) groups excluding carboxylic acids is 1. The first-order valence-electron chi connectivity index (χ1n) is 4.88. The zero-order valence-corrected chi connectivity index (χ0v) is 8.18. The van der Waals surface area contributed by atoms with Crippen molar-refractivity contribution in [2.75, 3.05) is 0 Å². The molecule has 13 heavy (non-hydrogen) atoms. The van der Waals surface area contributed by atoms with Crippen molar-refractivity contribution < 1.29 is 4.79 Å². The first-order chi connectivity index (χ1) is 6.18. The highest BCUT2D eigenvalue weighted by Crippen LogP contribution is 2.31. The van der Waals surface area contributed by atoms with E-state index in [1.165, 1.54) is 11.1 Å². The second-order valence-electron chi connectivity index (χ2n) is 4.00. The Morgan fingerprint density at radius 3 is 3.08 bits per heavy atom. The normalized spacial score (nSPS) is 28.0. The molecule has 2 aliphatic rings. The molecule has 0 saturated carbocycles. The maximum absolute atomic E-state index is 11.4. The molecule has 0 saturated heterocycles. The monoisotopic (exact) mass is 177 g/mol. The van der Waals surface area contributed by atoms with Gasteiger partial charge in [-0.05, 0) is 37.3 Å². The minimum atomic E-state index is 0.157. The second kappa shape index (κ2) is 3.02. The molecule has 0 aromatic carbocycles. The molecule has 0 aromatic rings. The van der Waals surface area contributed by atoms with Crippen LogP contribution in [0.4, 0.5) is 0 Å². The van der Waals surface area contributed by atoms with Gasteiger partial charge < -0.3 is 5.32 Å². The smallest absolute Gasteiger partial charge is 0.227 e. The molecule has 1 aliphatic carbocycles. The summed E-state index contributed by atoms with van der Waals surface area (Å²) in [4.78, 5) is 11.4. The third-order valence-corrected chi connectivity index (χ3v) is 2.89. The zero-order chi connectivity index (χ0) is 9.42. The molecule has 0 aromatic heterocycles. The van der Waals surface area contributed by atoms with Gasteiger partial charge >= 0.3 is 0 Å². The summed E-state index contributed by atoms with van der Waals surface area (Å²) < 4.78 is 0. The lowest BCUT2D eigenvalue weighted by molar-refractivity contribution is -0.124. The quantitative estimate of drug-likeness (QED) is 0.603. The van der Waals surface area contributed by atoms with Crippen molar-refractivity contribution in [2.45, 2.75) is 33.1 Å². The molecule has 1 unspecified atom stereocenters. The predicted molar refractivity (Wildman–Crippen MR) is 51.9 cm³/mol. The van der Waals surface area contributed by atoms with Gasteiger partial charge in [0.05, 0.1) is 0 Å². The lowest BCUT2D eigenvalue weighted by Crippen LogP contribution is -2.35. The second-order valence-corrected chi connectivity index (χ2v) is 4.00. The van der Waals surface area contributed by atoms with Gasteiger partial charge in [-0.2, -0.15) is 0 Å². The number of allylic oxidation sites excluding steroid dienone is 3. The van der Waals surface area contributed by atoms with E-state index in [0.717, 1.165) is 25.0 Å². The van der Waals surface area contributed by atoms with Crippen LogP contribution in [0.5, 0.6) is 0 Å². The highest BCUT2D eigenvalue weighted by Gasteiger charge is 2.25. The first-order valence-corrected chi connectivity index (χ1v) is 4.88. The summed E-state index contributed by atoms with van der Waals surface area (Å²) in [7, 11) is 0. The highest BCUT2D eigenvalue weighted by atomic mass is 16.1. The van der Waals surface area contributed by atoms with Gasteiger partial charge in [-0.25, -0.2) is 0 Å². The molecule has 1 atom stereocenters. The molecule has 2 heteroatoms. The molecule has 0 radical (unpaired) electrons. The van der Waals surface area contributed by atoms with Crippen LogP contribution < -0.4 is 5.32 Å². The maximum atomic E-state index is 11.4. The Balaban J connectivity index is 2.33. The molecule has 1 aliphatic heterocycles. The summed E-state index contributed by atoms with van der Waals surface area (Å²) in [5.41, 5.74) is 3.78. The van der Waals surface area contributed by atoms with Crippen molar-refractivity contribution in [3.63, 3.8) is 0 Å². The van der Waals surface area contributed by atoms with Crippen molar-refractivity contribution in [3.8, 4) is 0 Å². The van der Waals surface area contributed by atoms with Gasteiger partial charge in [0.1, 0.15) is 0 Å². The average Bonchev–Trinajstić information content (AvgIpc) is 2.09. The number of hydrogen-bond donors (Lipinski definition) is 1. The predicted octanol–water partition coefficient (Wildman–Crippen LogP) is 2.14. The fraction of sp³-hybridized carbons (Fsp3) is 0.545. The van der Waals surface area contributed by atoms with Crippen molar-refractivity contribution in [1.82, 2.24) is 5.32 Å². The van der Waals surface area contributed by atoms with Gasteiger partial charge in [0.15, 0.2) is 0 Å². The van der Waals surface area contributed by atoms with Crippen molar-refractivity contribution in [2.24, 2.45) is 5.92 Å². The van der Waals surface area contributed by atoms with Crippen LogP contribution >= 0.6 is 0 Å². The van der Waals surface area contributed by atoms with E-state index in [9.17, 15) is 4.79 Å². The topological polar surface area (TPSA) is 29.1 Å². The summed E-state index contributed by atoms with van der Waals surface area (Å²) >= 11 is 0. The van der Waals surface area contributed by atoms with Crippen LogP contribution in [0.15, 0.2) is 22.9 Å². The number of amides is 1. The fourth-order valence-corrected chi connectivity index (χ4v) is 2.07. The summed E-state index contributed by atoms with van der Waals surface area (Å²) in [6, 6.07) is 0. The van der Waals surface area contributed by atoms with E-state index in [1.54, 1.807) is 0 Å². The summed E-state index contributed by atoms with van der Waals surface area (Å²) in [6.07, 6.45) is 5.41. The van der Waals surface area contributed by atoms with Crippen LogP contribution in [0.3, 0.4) is 0 Å². The lowest BCUT2D eigenvalue weighted by Gasteiger charge is -2.28. The average molecular weight is 177 g/mol. The Bertz CT molecular complexity index is 312. The Labute approximate surface area is 78.7 Å². The summed E-state index contributed by atoms with van der Waals surface area (Å²) in [6.45, 7) is 4.07. The van der Waals surface area contributed by atoms with Crippen LogP contribution in [-0.4, -0.2) is 5.91 Å². The van der Waals surface area contributed by atoms with Gasteiger partial charge in [0, 0.05) is 11.6 Å². The van der Waals surface area contributed by atoms with Gasteiger partial charge in [0.25, 0.3) is 0 Å². The first kappa shape index (κ1) is 8.54. The molecule has 0 spiro atoms. The number of carbonyl (C=O) groups is 1. The van der Waals surface area contributed by atoms with E-state index in [0.29, 0.717) is 0 Å². The summed E-state index contributed by atoms with van der Waals surface area (Å²) in [5.74, 6) is 0.332. The number of hydrogen-bond acceptors (Lipinski definition) is 1. The van der Waals surface area contributed by atoms with E-state index in [1.807, 2.05) is 6.92 Å². The maximum Gasteiger partial charge on any atom is 0.227 e. The van der Waals surface area contributed by atoms with Crippen LogP contribution in [-0.2, 0) is 4.79 Å². The summed E-state index contributed by atoms with van der Waals surface area (Å²) in [5, 5.41) is 2.99. The van der Waals surface area contributed by atoms with Crippen LogP contribution in [0.1, 0.15) is 33.1 Å². The minimum Gasteiger partial charge on any atom is -0.326 e. The Morgan fingerprint density at radius 2 is 2.31 bits per heavy atom. The lowest BCUT2D eigenvalue weighted by atomic mass is 9.86. The molecule has 1 heterocycles. The molecule has 70 valence electrons. The SMILES string of the molecule is CC1=CCCC2=C1NC(=O)C(C)C2. The third kappa shape index (κ3) is 1.41. The van der Waals surface area contributed by atoms with Gasteiger partial charge in [-0.15, -0.1) is 0 Å². The number of rotatable bonds is 0. The van der Waals surface area contributed by atoms with Gasteiger partial charge in [-0.1, -0.05) is 13.0 Å². The van der Waals surface area contributed by atoms with E-state index in [2.05, 4.69) is 18.3 Å². The van der Waals surface area contributed by atoms with Crippen molar-refractivity contribution in [1.29, 1.82) is 0 Å². The molecule has 1 amide bonds. The van der Waals surface area contributed by atoms with E-state index in [4.69, 9.17) is 0 Å². The van der Waals surface area contributed by atoms with Crippen LogP contribution in [0.25, 0.3) is 0 Å². The van der Waals surface area contributed by atoms with Crippen LogP contribution in [0, 0.1) is 5.92 Å². The van der Waals surface area contributed by atoms with Gasteiger partial charge in [-0.3, -0.25) is 4.79 Å². The largest absolute Gasteiger partial charge is 0.326 e. The minimum absolute atomic E-state index is 0.157. The van der Waals surface area contributed by atoms with E-state index >= 15 is 0 Å². The molecule has 2 nitrogen and oxygen atoms in total. The van der Waals surface area contributed by atoms with Crippen LogP contribution in [0.2, 0.25) is 0 Å². The van der Waals surface area contributed by atoms with Crippen molar-refractivity contribution in [3.05, 3.63) is 22.9 Å². The zero-order valence-electron chi connectivity index (χ0n) is 8.18. The molecule has 0 fully saturated rings. The third-order valence-electron chi connectivity index (χ3n) is 2.89. The fourth-order valence-electron chi connectivity index (χ4n) is 2.07.